The fourth-order valence-corrected chi connectivity index (χ4v) is 5.97. The van der Waals surface area contributed by atoms with E-state index in [2.05, 4.69) is 90.8 Å². The van der Waals surface area contributed by atoms with Gasteiger partial charge in [0.1, 0.15) is 13.7 Å². The van der Waals surface area contributed by atoms with Crippen LogP contribution >= 0.6 is 0 Å². The third-order valence-electron chi connectivity index (χ3n) is 7.69. The number of hydrogen-bond donors (Lipinski definition) is 1. The highest BCUT2D eigenvalue weighted by atomic mass is 28.3. The van der Waals surface area contributed by atoms with Gasteiger partial charge in [0, 0.05) is 39.5 Å². The zero-order valence-corrected chi connectivity index (χ0v) is 28.0. The molecule has 1 heterocycles. The second-order valence-corrected chi connectivity index (χ2v) is 18.3. The standard InChI is InChI=1S/C38H55NOSi/c1-7-8-9-10-11-12-13-14-15-16-17-18-19-20-28-39-36-23-21-32(25-27-38(2,3)40)30-34(36)35-31-33(22-24-37(35)39)26-29-41(4,5)6/h21-24,30-31,40H,7-20,28H2,1-6H3. The van der Waals surface area contributed by atoms with E-state index in [1.807, 2.05) is 0 Å². The van der Waals surface area contributed by atoms with Crippen LogP contribution in [0, 0.1) is 23.3 Å². The monoisotopic (exact) mass is 569 g/mol. The molecule has 0 amide bonds. The molecule has 1 aromatic heterocycles. The van der Waals surface area contributed by atoms with Crippen molar-refractivity contribution in [2.24, 2.45) is 0 Å². The van der Waals surface area contributed by atoms with Crippen LogP contribution in [0.25, 0.3) is 21.8 Å². The van der Waals surface area contributed by atoms with Gasteiger partial charge in [0.2, 0.25) is 0 Å². The van der Waals surface area contributed by atoms with Crippen LogP contribution in [0.1, 0.15) is 122 Å². The third-order valence-corrected chi connectivity index (χ3v) is 8.57. The van der Waals surface area contributed by atoms with E-state index in [4.69, 9.17) is 0 Å². The molecule has 0 unspecified atom stereocenters. The van der Waals surface area contributed by atoms with Crippen molar-refractivity contribution in [3.63, 3.8) is 0 Å². The van der Waals surface area contributed by atoms with Gasteiger partial charge in [0.15, 0.2) is 0 Å². The fourth-order valence-electron chi connectivity index (χ4n) is 5.45. The summed E-state index contributed by atoms with van der Waals surface area (Å²) in [4.78, 5) is 0. The first kappa shape index (κ1) is 33.0. The number of fused-ring (bicyclic) bond motifs is 3. The zero-order valence-electron chi connectivity index (χ0n) is 27.0. The molecule has 222 valence electrons. The molecule has 0 fully saturated rings. The molecule has 41 heavy (non-hydrogen) atoms. The molecule has 2 aromatic carbocycles. The summed E-state index contributed by atoms with van der Waals surface area (Å²) >= 11 is 0. The Morgan fingerprint density at radius 2 is 1.10 bits per heavy atom. The SMILES string of the molecule is CCCCCCCCCCCCCCCCn1c2ccc(C#CC(C)(C)O)cc2c2cc(C#C[Si](C)(C)C)ccc21. The zero-order chi connectivity index (χ0) is 29.7. The Bertz CT molecular complexity index is 1270. The molecule has 0 aliphatic carbocycles. The smallest absolute Gasteiger partial charge is 0.129 e. The van der Waals surface area contributed by atoms with Crippen molar-refractivity contribution in [1.82, 2.24) is 4.57 Å². The van der Waals surface area contributed by atoms with E-state index in [9.17, 15) is 5.11 Å². The lowest BCUT2D eigenvalue weighted by Gasteiger charge is -2.08. The maximum Gasteiger partial charge on any atom is 0.129 e. The van der Waals surface area contributed by atoms with E-state index in [1.54, 1.807) is 13.8 Å². The summed E-state index contributed by atoms with van der Waals surface area (Å²) in [6, 6.07) is 13.2. The van der Waals surface area contributed by atoms with Gasteiger partial charge in [-0.1, -0.05) is 128 Å². The summed E-state index contributed by atoms with van der Waals surface area (Å²) < 4.78 is 2.49. The lowest BCUT2D eigenvalue weighted by molar-refractivity contribution is 0.143. The molecule has 0 spiro atoms. The largest absolute Gasteiger partial charge is 0.378 e. The molecular formula is C38H55NOSi. The van der Waals surface area contributed by atoms with Crippen LogP contribution < -0.4 is 0 Å². The molecule has 0 atom stereocenters. The van der Waals surface area contributed by atoms with E-state index < -0.39 is 13.7 Å². The highest BCUT2D eigenvalue weighted by Crippen LogP contribution is 2.31. The molecule has 0 bridgehead atoms. The molecule has 0 aliphatic heterocycles. The highest BCUT2D eigenvalue weighted by molar-refractivity contribution is 6.83. The number of aliphatic hydroxyl groups is 1. The van der Waals surface area contributed by atoms with Crippen molar-refractivity contribution in [1.29, 1.82) is 0 Å². The van der Waals surface area contributed by atoms with Crippen molar-refractivity contribution < 1.29 is 5.11 Å². The first-order valence-electron chi connectivity index (χ1n) is 16.4. The highest BCUT2D eigenvalue weighted by Gasteiger charge is 2.13. The molecule has 2 nitrogen and oxygen atoms in total. The first-order chi connectivity index (χ1) is 19.6. The Kier molecular flexibility index (Phi) is 13.1. The lowest BCUT2D eigenvalue weighted by atomic mass is 10.0. The molecule has 1 N–H and O–H groups in total. The van der Waals surface area contributed by atoms with E-state index in [-0.39, 0.29) is 0 Å². The van der Waals surface area contributed by atoms with Crippen molar-refractivity contribution in [2.45, 2.75) is 142 Å². The maximum absolute atomic E-state index is 10.1. The molecule has 0 saturated heterocycles. The van der Waals surface area contributed by atoms with Crippen molar-refractivity contribution >= 4 is 29.9 Å². The number of aromatic nitrogens is 1. The summed E-state index contributed by atoms with van der Waals surface area (Å²) in [5.41, 5.74) is 7.08. The summed E-state index contributed by atoms with van der Waals surface area (Å²) in [6.45, 7) is 13.6. The second-order valence-electron chi connectivity index (χ2n) is 13.5. The molecule has 3 heteroatoms. The maximum atomic E-state index is 10.1. The molecular weight excluding hydrogens is 515 g/mol. The van der Waals surface area contributed by atoms with E-state index in [0.717, 1.165) is 17.7 Å². The summed E-state index contributed by atoms with van der Waals surface area (Å²) in [5.74, 6) is 9.60. The number of benzene rings is 2. The minimum atomic E-state index is -1.45. The minimum absolute atomic E-state index is 0.939. The number of aryl methyl sites for hydroxylation is 1. The Labute approximate surface area is 252 Å². The summed E-state index contributed by atoms with van der Waals surface area (Å²) in [6.07, 6.45) is 19.3. The van der Waals surface area contributed by atoms with Gasteiger partial charge >= 0.3 is 0 Å². The van der Waals surface area contributed by atoms with Crippen LogP contribution in [-0.4, -0.2) is 23.3 Å². The Morgan fingerprint density at radius 1 is 0.659 bits per heavy atom. The quantitative estimate of drug-likeness (QED) is 0.110. The Morgan fingerprint density at radius 3 is 1.54 bits per heavy atom. The molecule has 3 rings (SSSR count). The van der Waals surface area contributed by atoms with Gasteiger partial charge in [-0.05, 0) is 56.7 Å². The average molecular weight is 570 g/mol. The third kappa shape index (κ3) is 11.7. The number of nitrogens with zero attached hydrogens (tertiary/aromatic N) is 1. The molecule has 0 aliphatic rings. The van der Waals surface area contributed by atoms with E-state index in [0.29, 0.717) is 0 Å². The number of rotatable bonds is 15. The molecule has 0 radical (unpaired) electrons. The van der Waals surface area contributed by atoms with E-state index >= 15 is 0 Å². The second kappa shape index (κ2) is 16.2. The molecule has 0 saturated carbocycles. The van der Waals surface area contributed by atoms with Gasteiger partial charge in [-0.2, -0.15) is 0 Å². The van der Waals surface area contributed by atoms with Crippen LogP contribution in [0.5, 0.6) is 0 Å². The van der Waals surface area contributed by atoms with Gasteiger partial charge < -0.3 is 9.67 Å². The summed E-state index contributed by atoms with van der Waals surface area (Å²) in [5, 5.41) is 12.6. The van der Waals surface area contributed by atoms with Crippen LogP contribution in [0.4, 0.5) is 0 Å². The summed E-state index contributed by atoms with van der Waals surface area (Å²) in [7, 11) is -1.45. The predicted molar refractivity (Wildman–Crippen MR) is 183 cm³/mol. The van der Waals surface area contributed by atoms with Crippen molar-refractivity contribution in [3.05, 3.63) is 47.5 Å². The topological polar surface area (TPSA) is 25.2 Å². The van der Waals surface area contributed by atoms with E-state index in [1.165, 1.54) is 112 Å². The normalized spacial score (nSPS) is 11.9. The van der Waals surface area contributed by atoms with Crippen LogP contribution in [0.2, 0.25) is 19.6 Å². The average Bonchev–Trinajstić information content (AvgIpc) is 3.22. The Hall–Kier alpha value is -2.46. The van der Waals surface area contributed by atoms with Crippen LogP contribution in [-0.2, 0) is 6.54 Å². The van der Waals surface area contributed by atoms with Gasteiger partial charge in [0.05, 0.1) is 0 Å². The van der Waals surface area contributed by atoms with Gasteiger partial charge in [-0.25, -0.2) is 0 Å². The van der Waals surface area contributed by atoms with Crippen LogP contribution in [0.3, 0.4) is 0 Å². The van der Waals surface area contributed by atoms with Crippen molar-refractivity contribution in [3.8, 4) is 23.3 Å². The number of unbranched alkanes of at least 4 members (excludes halogenated alkanes) is 13. The predicted octanol–water partition coefficient (Wildman–Crippen LogP) is 10.6. The Balaban J connectivity index is 1.61. The lowest BCUT2D eigenvalue weighted by Crippen LogP contribution is -2.16. The molecule has 3 aromatic rings. The van der Waals surface area contributed by atoms with Gasteiger partial charge in [-0.3, -0.25) is 0 Å². The minimum Gasteiger partial charge on any atom is -0.378 e. The van der Waals surface area contributed by atoms with Crippen molar-refractivity contribution in [2.75, 3.05) is 0 Å². The van der Waals surface area contributed by atoms with Gasteiger partial charge in [-0.15, -0.1) is 5.54 Å². The van der Waals surface area contributed by atoms with Gasteiger partial charge in [0.25, 0.3) is 0 Å². The van der Waals surface area contributed by atoms with Crippen LogP contribution in [0.15, 0.2) is 36.4 Å². The first-order valence-corrected chi connectivity index (χ1v) is 19.9. The fraction of sp³-hybridized carbons (Fsp3) is 0.579. The number of hydrogen-bond acceptors (Lipinski definition) is 1.